The highest BCUT2D eigenvalue weighted by Gasteiger charge is 2.42. The van der Waals surface area contributed by atoms with E-state index in [0.29, 0.717) is 13.0 Å². The smallest absolute Gasteiger partial charge is 0.407 e. The second-order valence-electron chi connectivity index (χ2n) is 7.84. The van der Waals surface area contributed by atoms with Gasteiger partial charge in [0.1, 0.15) is 13.2 Å². The molecule has 1 amide bonds. The van der Waals surface area contributed by atoms with Crippen molar-refractivity contribution in [2.45, 2.75) is 46.5 Å². The molecule has 1 saturated carbocycles. The third-order valence-electron chi connectivity index (χ3n) is 4.34. The van der Waals surface area contributed by atoms with Gasteiger partial charge < -0.3 is 14.8 Å². The minimum atomic E-state index is -0.429. The Morgan fingerprint density at radius 1 is 1.12 bits per heavy atom. The third kappa shape index (κ3) is 7.20. The molecule has 1 N–H and O–H groups in total. The van der Waals surface area contributed by atoms with Crippen LogP contribution < -0.4 is 5.32 Å². The summed E-state index contributed by atoms with van der Waals surface area (Å²) < 4.78 is 10.1. The second-order valence-corrected chi connectivity index (χ2v) is 7.84. The van der Waals surface area contributed by atoms with Gasteiger partial charge in [0.05, 0.1) is 0 Å². The van der Waals surface area contributed by atoms with Gasteiger partial charge in [-0.1, -0.05) is 46.1 Å². The minimum absolute atomic E-state index is 0.0711. The van der Waals surface area contributed by atoms with Gasteiger partial charge in [-0.05, 0) is 36.0 Å². The molecule has 1 aliphatic rings. The first kappa shape index (κ1) is 20.3. The topological polar surface area (TPSA) is 64.6 Å². The number of ether oxygens (including phenoxy) is 2. The average Bonchev–Trinajstić information content (AvgIpc) is 2.47. The minimum Gasteiger partial charge on any atom is -0.461 e. The molecule has 5 heteroatoms. The Hall–Kier alpha value is -1.78. The van der Waals surface area contributed by atoms with Crippen LogP contribution in [-0.4, -0.2) is 31.8 Å². The molecular formula is C19H31NO4. The molecule has 5 nitrogen and oxygen atoms in total. The summed E-state index contributed by atoms with van der Waals surface area (Å²) in [5, 5.41) is 2.84. The van der Waals surface area contributed by atoms with Crippen LogP contribution in [0.1, 0.15) is 46.5 Å². The van der Waals surface area contributed by atoms with Gasteiger partial charge in [0.25, 0.3) is 0 Å². The molecule has 0 aromatic rings. The van der Waals surface area contributed by atoms with E-state index in [1.54, 1.807) is 6.08 Å². The Labute approximate surface area is 145 Å². The predicted molar refractivity (Wildman–Crippen MR) is 94.5 cm³/mol. The maximum absolute atomic E-state index is 11.9. The highest BCUT2D eigenvalue weighted by atomic mass is 16.5. The highest BCUT2D eigenvalue weighted by Crippen LogP contribution is 2.49. The molecule has 0 aromatic carbocycles. The van der Waals surface area contributed by atoms with Crippen molar-refractivity contribution in [1.29, 1.82) is 0 Å². The van der Waals surface area contributed by atoms with Crippen molar-refractivity contribution in [2.24, 2.45) is 16.7 Å². The third-order valence-corrected chi connectivity index (χ3v) is 4.34. The van der Waals surface area contributed by atoms with Gasteiger partial charge in [-0.2, -0.15) is 0 Å². The molecule has 136 valence electrons. The number of esters is 1. The largest absolute Gasteiger partial charge is 0.461 e. The van der Waals surface area contributed by atoms with Crippen LogP contribution >= 0.6 is 0 Å². The van der Waals surface area contributed by atoms with Crippen molar-refractivity contribution >= 4 is 12.1 Å². The van der Waals surface area contributed by atoms with E-state index in [-0.39, 0.29) is 35.9 Å². The summed E-state index contributed by atoms with van der Waals surface area (Å²) in [6.45, 7) is 14.6. The van der Waals surface area contributed by atoms with Crippen molar-refractivity contribution < 1.29 is 19.1 Å². The van der Waals surface area contributed by atoms with E-state index in [4.69, 9.17) is 9.47 Å². The summed E-state index contributed by atoms with van der Waals surface area (Å²) in [6, 6.07) is 0. The fourth-order valence-corrected chi connectivity index (χ4v) is 4.05. The number of hydrogen-bond donors (Lipinski definition) is 1. The summed E-state index contributed by atoms with van der Waals surface area (Å²) in [5.74, 6) is 0.0698. The Bertz CT molecular complexity index is 472. The maximum atomic E-state index is 11.9. The Morgan fingerprint density at radius 3 is 2.38 bits per heavy atom. The number of carbonyl (C=O) groups is 2. The highest BCUT2D eigenvalue weighted by molar-refractivity contribution is 5.69. The van der Waals surface area contributed by atoms with Crippen molar-refractivity contribution in [3.05, 3.63) is 25.3 Å². The molecule has 2 unspecified atom stereocenters. The van der Waals surface area contributed by atoms with Gasteiger partial charge in [-0.25, -0.2) is 4.79 Å². The van der Waals surface area contributed by atoms with Gasteiger partial charge in [-0.15, -0.1) is 0 Å². The van der Waals surface area contributed by atoms with E-state index in [1.807, 2.05) is 0 Å². The molecule has 0 saturated heterocycles. The first-order valence-corrected chi connectivity index (χ1v) is 8.48. The fraction of sp³-hybridized carbons (Fsp3) is 0.684. The molecule has 0 aromatic heterocycles. The molecule has 24 heavy (non-hydrogen) atoms. The monoisotopic (exact) mass is 337 g/mol. The Kier molecular flexibility index (Phi) is 7.52. The quantitative estimate of drug-likeness (QED) is 0.540. The summed E-state index contributed by atoms with van der Waals surface area (Å²) in [4.78, 5) is 23.6. The average molecular weight is 337 g/mol. The Balaban J connectivity index is 2.62. The number of nitrogens with one attached hydrogen (secondary N) is 1. The number of hydrogen-bond acceptors (Lipinski definition) is 4. The zero-order valence-electron chi connectivity index (χ0n) is 15.2. The molecule has 2 atom stereocenters. The summed E-state index contributed by atoms with van der Waals surface area (Å²) in [7, 11) is 0. The second kappa shape index (κ2) is 8.90. The van der Waals surface area contributed by atoms with Crippen LogP contribution in [0, 0.1) is 16.7 Å². The molecule has 1 rings (SSSR count). The standard InChI is InChI=1S/C19H31NO4/c1-6-8-23-16(21)10-15-11-18(3,4)13-19(5,12-15)14-20-17(22)24-9-7-2/h6-7,15H,1-2,8-14H2,3-5H3,(H,20,22). The zero-order valence-corrected chi connectivity index (χ0v) is 15.2. The van der Waals surface area contributed by atoms with E-state index in [0.717, 1.165) is 19.3 Å². The maximum Gasteiger partial charge on any atom is 0.407 e. The Morgan fingerprint density at radius 2 is 1.75 bits per heavy atom. The van der Waals surface area contributed by atoms with E-state index < -0.39 is 6.09 Å². The first-order valence-electron chi connectivity index (χ1n) is 8.48. The SMILES string of the molecule is C=CCOC(=O)CC1CC(C)(C)CC(C)(CNC(=O)OCC=C)C1. The van der Waals surface area contributed by atoms with Crippen molar-refractivity contribution in [3.8, 4) is 0 Å². The van der Waals surface area contributed by atoms with Crippen LogP contribution in [0.25, 0.3) is 0 Å². The van der Waals surface area contributed by atoms with Crippen LogP contribution in [0.2, 0.25) is 0 Å². The van der Waals surface area contributed by atoms with Crippen molar-refractivity contribution in [1.82, 2.24) is 5.32 Å². The van der Waals surface area contributed by atoms with Gasteiger partial charge >= 0.3 is 12.1 Å². The number of amides is 1. The number of alkyl carbamates (subject to hydrolysis) is 1. The summed E-state index contributed by atoms with van der Waals surface area (Å²) in [5.41, 5.74) is 0.0431. The molecule has 0 heterocycles. The van der Waals surface area contributed by atoms with Gasteiger partial charge in [-0.3, -0.25) is 4.79 Å². The van der Waals surface area contributed by atoms with Crippen molar-refractivity contribution in [2.75, 3.05) is 19.8 Å². The van der Waals surface area contributed by atoms with E-state index in [1.165, 1.54) is 6.08 Å². The van der Waals surface area contributed by atoms with Gasteiger partial charge in [0.15, 0.2) is 0 Å². The van der Waals surface area contributed by atoms with Crippen LogP contribution in [0.4, 0.5) is 4.79 Å². The molecule has 0 aliphatic heterocycles. The lowest BCUT2D eigenvalue weighted by molar-refractivity contribution is -0.144. The molecular weight excluding hydrogens is 306 g/mol. The molecule has 0 radical (unpaired) electrons. The van der Waals surface area contributed by atoms with Crippen molar-refractivity contribution in [3.63, 3.8) is 0 Å². The fourth-order valence-electron chi connectivity index (χ4n) is 4.05. The van der Waals surface area contributed by atoms with Crippen LogP contribution in [0.3, 0.4) is 0 Å². The number of carbonyl (C=O) groups excluding carboxylic acids is 2. The van der Waals surface area contributed by atoms with Crippen LogP contribution in [0.15, 0.2) is 25.3 Å². The van der Waals surface area contributed by atoms with E-state index >= 15 is 0 Å². The lowest BCUT2D eigenvalue weighted by atomic mass is 9.60. The number of rotatable bonds is 8. The van der Waals surface area contributed by atoms with E-state index in [9.17, 15) is 9.59 Å². The van der Waals surface area contributed by atoms with Crippen LogP contribution in [0.5, 0.6) is 0 Å². The normalized spacial score (nSPS) is 25.4. The lowest BCUT2D eigenvalue weighted by Gasteiger charge is -2.46. The molecule has 1 aliphatic carbocycles. The molecule has 0 bridgehead atoms. The first-order chi connectivity index (χ1) is 11.2. The predicted octanol–water partition coefficient (Wildman–Crippen LogP) is 3.85. The summed E-state index contributed by atoms with van der Waals surface area (Å²) in [6.07, 6.45) is 5.94. The van der Waals surface area contributed by atoms with Gasteiger partial charge in [0.2, 0.25) is 0 Å². The lowest BCUT2D eigenvalue weighted by Crippen LogP contribution is -2.44. The zero-order chi connectivity index (χ0) is 18.2. The van der Waals surface area contributed by atoms with Crippen LogP contribution in [-0.2, 0) is 14.3 Å². The molecule has 0 spiro atoms. The van der Waals surface area contributed by atoms with E-state index in [2.05, 4.69) is 39.2 Å². The summed E-state index contributed by atoms with van der Waals surface area (Å²) >= 11 is 0. The van der Waals surface area contributed by atoms with Gasteiger partial charge in [0, 0.05) is 13.0 Å². The molecule has 1 fully saturated rings.